The molecule has 0 saturated heterocycles. The number of nitriles is 1. The Bertz CT molecular complexity index is 3390. The first-order valence-corrected chi connectivity index (χ1v) is 17.5. The molecule has 0 fully saturated rings. The van der Waals surface area contributed by atoms with E-state index in [1.54, 1.807) is 0 Å². The van der Waals surface area contributed by atoms with Crippen molar-refractivity contribution < 1.29 is 0 Å². The van der Waals surface area contributed by atoms with Crippen LogP contribution in [0.3, 0.4) is 0 Å². The molecule has 11 rings (SSSR count). The summed E-state index contributed by atoms with van der Waals surface area (Å²) < 4.78 is 4.53. The van der Waals surface area contributed by atoms with Crippen LogP contribution in [0.4, 0.5) is 0 Å². The molecule has 0 spiro atoms. The normalized spacial score (nSPS) is 11.9. The lowest BCUT2D eigenvalue weighted by molar-refractivity contribution is 1.13. The Morgan fingerprint density at radius 2 is 0.750 bits per heavy atom. The molecule has 0 saturated carbocycles. The van der Waals surface area contributed by atoms with Gasteiger partial charge < -0.3 is 14.5 Å². The summed E-state index contributed by atoms with van der Waals surface area (Å²) in [6.07, 6.45) is 1.36. The molecule has 0 bridgehead atoms. The molecule has 0 atom stereocenters. The Labute approximate surface area is 298 Å². The molecular weight excluding hydrogens is 633 g/mol. The minimum atomic E-state index is 0.461. The van der Waals surface area contributed by atoms with Crippen molar-refractivity contribution in [1.29, 1.82) is 10.7 Å². The molecule has 0 unspecified atom stereocenters. The van der Waals surface area contributed by atoms with Gasteiger partial charge >= 0.3 is 0 Å². The van der Waals surface area contributed by atoms with Gasteiger partial charge in [-0.15, -0.1) is 0 Å². The van der Waals surface area contributed by atoms with Crippen molar-refractivity contribution in [2.75, 3.05) is 0 Å². The quantitative estimate of drug-likeness (QED) is 0.149. The molecule has 0 radical (unpaired) electrons. The topological polar surface area (TPSA) is 57.5 Å². The number of para-hydroxylation sites is 2. The van der Waals surface area contributed by atoms with Gasteiger partial charge in [-0.1, -0.05) is 133 Å². The third kappa shape index (κ3) is 3.61. The number of rotatable bonds is 3. The molecule has 240 valence electrons. The van der Waals surface area contributed by atoms with E-state index in [-0.39, 0.29) is 0 Å². The zero-order chi connectivity index (χ0) is 34.5. The van der Waals surface area contributed by atoms with E-state index >= 15 is 0 Å². The van der Waals surface area contributed by atoms with Gasteiger partial charge in [-0.2, -0.15) is 5.26 Å². The summed E-state index contributed by atoms with van der Waals surface area (Å²) in [7, 11) is 0. The molecule has 0 amide bonds. The minimum Gasteiger partial charge on any atom is -0.308 e. The van der Waals surface area contributed by atoms with Crippen molar-refractivity contribution >= 4 is 92.9 Å². The van der Waals surface area contributed by atoms with Gasteiger partial charge in [0.25, 0.3) is 0 Å². The van der Waals surface area contributed by atoms with Gasteiger partial charge in [-0.3, -0.25) is 0 Å². The van der Waals surface area contributed by atoms with E-state index in [4.69, 9.17) is 5.41 Å². The van der Waals surface area contributed by atoms with E-state index < -0.39 is 0 Å². The highest BCUT2D eigenvalue weighted by Gasteiger charge is 2.25. The molecule has 52 heavy (non-hydrogen) atoms. The van der Waals surface area contributed by atoms with Crippen LogP contribution < -0.4 is 0 Å². The summed E-state index contributed by atoms with van der Waals surface area (Å²) >= 11 is 0. The standard InChI is InChI=1S/C48H28N4/c49-27-39-40(28-50)44(52-42-24-12-10-22-38(42)46-34-18-6-2-14-30(34)32-16-4-8-20-36(32)48(46)52)26-25-43(39)51-41-23-11-9-21-37(41)45-33-17-5-1-13-29(33)31-15-3-7-19-35(31)47(45)51/h1-27,49H. The SMILES string of the molecule is N#Cc1c(-n2c3ccccc3c3c4ccccc4c4ccccc4c32)ccc(-n2c3ccccc3c3c4ccccc4c4ccccc4c32)c1C=N. The lowest BCUT2D eigenvalue weighted by atomic mass is 9.96. The first-order valence-electron chi connectivity index (χ1n) is 17.5. The van der Waals surface area contributed by atoms with Crippen LogP contribution >= 0.6 is 0 Å². The molecule has 11 aromatic rings. The smallest absolute Gasteiger partial charge is 0.102 e. The maximum Gasteiger partial charge on any atom is 0.102 e. The number of aromatic nitrogens is 2. The summed E-state index contributed by atoms with van der Waals surface area (Å²) in [5.74, 6) is 0. The van der Waals surface area contributed by atoms with Gasteiger partial charge in [0.05, 0.1) is 39.0 Å². The monoisotopic (exact) mass is 660 g/mol. The molecule has 1 N–H and O–H groups in total. The summed E-state index contributed by atoms with van der Waals surface area (Å²) in [6.45, 7) is 0. The number of hydrogen-bond acceptors (Lipinski definition) is 2. The minimum absolute atomic E-state index is 0.461. The lowest BCUT2D eigenvalue weighted by Crippen LogP contribution is -2.07. The van der Waals surface area contributed by atoms with Crippen LogP contribution in [0.25, 0.3) is 98.1 Å². The van der Waals surface area contributed by atoms with Crippen LogP contribution in [0, 0.1) is 16.7 Å². The summed E-state index contributed by atoms with van der Waals surface area (Å²) in [6, 6.07) is 58.1. The van der Waals surface area contributed by atoms with Crippen LogP contribution in [0.5, 0.6) is 0 Å². The Kier molecular flexibility index (Phi) is 5.85. The number of nitrogens with one attached hydrogen (secondary N) is 1. The van der Waals surface area contributed by atoms with Gasteiger partial charge in [0, 0.05) is 44.1 Å². The molecule has 0 aliphatic heterocycles. The van der Waals surface area contributed by atoms with Crippen molar-refractivity contribution in [3.8, 4) is 17.4 Å². The average molecular weight is 661 g/mol. The summed E-state index contributed by atoms with van der Waals surface area (Å²) in [4.78, 5) is 0. The van der Waals surface area contributed by atoms with Gasteiger partial charge in [-0.25, -0.2) is 0 Å². The van der Waals surface area contributed by atoms with Crippen molar-refractivity contribution in [3.63, 3.8) is 0 Å². The average Bonchev–Trinajstić information content (AvgIpc) is 3.75. The second-order valence-corrected chi connectivity index (χ2v) is 13.5. The second-order valence-electron chi connectivity index (χ2n) is 13.5. The first-order chi connectivity index (χ1) is 25.8. The van der Waals surface area contributed by atoms with Crippen molar-refractivity contribution in [2.45, 2.75) is 0 Å². The highest BCUT2D eigenvalue weighted by Crippen LogP contribution is 2.45. The second kappa shape index (κ2) is 10.6. The fourth-order valence-corrected chi connectivity index (χ4v) is 9.00. The molecule has 2 heterocycles. The van der Waals surface area contributed by atoms with Crippen LogP contribution in [0.1, 0.15) is 11.1 Å². The van der Waals surface area contributed by atoms with E-state index in [1.807, 2.05) is 0 Å². The highest BCUT2D eigenvalue weighted by molar-refractivity contribution is 6.33. The number of benzene rings is 9. The van der Waals surface area contributed by atoms with Crippen LogP contribution in [-0.2, 0) is 0 Å². The van der Waals surface area contributed by atoms with E-state index in [0.29, 0.717) is 11.1 Å². The van der Waals surface area contributed by atoms with Crippen LogP contribution in [0.2, 0.25) is 0 Å². The Hall–Kier alpha value is -7.22. The zero-order valence-electron chi connectivity index (χ0n) is 27.9. The predicted octanol–water partition coefficient (Wildman–Crippen LogP) is 12.4. The molecule has 4 heteroatoms. The molecule has 4 nitrogen and oxygen atoms in total. The Morgan fingerprint density at radius 1 is 0.404 bits per heavy atom. The highest BCUT2D eigenvalue weighted by atomic mass is 15.0. The molecule has 2 aromatic heterocycles. The Morgan fingerprint density at radius 3 is 1.19 bits per heavy atom. The largest absolute Gasteiger partial charge is 0.308 e. The number of fused-ring (bicyclic) bond motifs is 16. The van der Waals surface area contributed by atoms with Crippen LogP contribution in [0.15, 0.2) is 158 Å². The van der Waals surface area contributed by atoms with E-state index in [9.17, 15) is 5.26 Å². The van der Waals surface area contributed by atoms with Crippen LogP contribution in [-0.4, -0.2) is 15.3 Å². The predicted molar refractivity (Wildman–Crippen MR) is 218 cm³/mol. The van der Waals surface area contributed by atoms with Gasteiger partial charge in [0.2, 0.25) is 0 Å². The molecular formula is C48H28N4. The van der Waals surface area contributed by atoms with E-state index in [1.165, 1.54) is 43.9 Å². The van der Waals surface area contributed by atoms with E-state index in [2.05, 4.69) is 173 Å². The number of hydrogen-bond donors (Lipinski definition) is 1. The third-order valence-corrected chi connectivity index (χ3v) is 11.0. The summed E-state index contributed by atoms with van der Waals surface area (Å²) in [5.41, 5.74) is 6.79. The van der Waals surface area contributed by atoms with E-state index in [0.717, 1.165) is 60.4 Å². The van der Waals surface area contributed by atoms with Crippen molar-refractivity contribution in [2.24, 2.45) is 0 Å². The third-order valence-electron chi connectivity index (χ3n) is 11.0. The summed E-state index contributed by atoms with van der Waals surface area (Å²) in [5, 5.41) is 34.0. The molecule has 0 aliphatic rings. The maximum atomic E-state index is 11.1. The fraction of sp³-hybridized carbons (Fsp3) is 0. The Balaban J connectivity index is 1.31. The zero-order valence-corrected chi connectivity index (χ0v) is 27.9. The van der Waals surface area contributed by atoms with Crippen molar-refractivity contribution in [3.05, 3.63) is 169 Å². The number of nitrogens with zero attached hydrogens (tertiary/aromatic N) is 3. The lowest BCUT2D eigenvalue weighted by Gasteiger charge is -2.18. The first kappa shape index (κ1) is 28.6. The van der Waals surface area contributed by atoms with Crippen molar-refractivity contribution in [1.82, 2.24) is 9.13 Å². The van der Waals surface area contributed by atoms with Gasteiger partial charge in [0.1, 0.15) is 6.07 Å². The molecule has 9 aromatic carbocycles. The molecule has 0 aliphatic carbocycles. The fourth-order valence-electron chi connectivity index (χ4n) is 9.00. The van der Waals surface area contributed by atoms with Gasteiger partial charge in [0.15, 0.2) is 0 Å². The maximum absolute atomic E-state index is 11.1. The van der Waals surface area contributed by atoms with Gasteiger partial charge in [-0.05, 0) is 56.6 Å².